The maximum Gasteiger partial charge on any atom is 0.126 e. The van der Waals surface area contributed by atoms with E-state index in [0.29, 0.717) is 6.04 Å². The van der Waals surface area contributed by atoms with Crippen LogP contribution < -0.4 is 5.32 Å². The number of nitrogens with one attached hydrogen (secondary N) is 1. The van der Waals surface area contributed by atoms with Crippen molar-refractivity contribution in [2.75, 3.05) is 6.54 Å². The molecule has 2 heteroatoms. The van der Waals surface area contributed by atoms with E-state index in [2.05, 4.69) is 18.3 Å². The first-order chi connectivity index (χ1) is 6.84. The fourth-order valence-electron chi connectivity index (χ4n) is 1.99. The fraction of sp³-hybridized carbons (Fsp3) is 0.500. The number of rotatable bonds is 3. The lowest BCUT2D eigenvalue weighted by Crippen LogP contribution is -2.21. The van der Waals surface area contributed by atoms with Crippen LogP contribution in [0.1, 0.15) is 31.9 Å². The molecule has 1 N–H and O–H groups in total. The van der Waals surface area contributed by atoms with Crippen molar-refractivity contribution in [3.8, 4) is 0 Å². The third kappa shape index (κ3) is 2.48. The third-order valence-corrected chi connectivity index (χ3v) is 2.66. The normalized spacial score (nSPS) is 22.9. The molecule has 1 aromatic rings. The summed E-state index contributed by atoms with van der Waals surface area (Å²) in [6.45, 7) is 3.35. The lowest BCUT2D eigenvalue weighted by atomic mass is 10.1. The molecule has 0 aromatic carbocycles. The Morgan fingerprint density at radius 2 is 2.64 bits per heavy atom. The molecule has 2 rings (SSSR count). The van der Waals surface area contributed by atoms with Gasteiger partial charge in [0.05, 0.1) is 6.26 Å². The van der Waals surface area contributed by atoms with Crippen LogP contribution in [0.5, 0.6) is 0 Å². The van der Waals surface area contributed by atoms with Gasteiger partial charge < -0.3 is 9.73 Å². The topological polar surface area (TPSA) is 25.2 Å². The predicted molar refractivity (Wildman–Crippen MR) is 58.0 cm³/mol. The van der Waals surface area contributed by atoms with Crippen LogP contribution in [0.15, 0.2) is 28.4 Å². The van der Waals surface area contributed by atoms with Crippen molar-refractivity contribution < 1.29 is 4.42 Å². The van der Waals surface area contributed by atoms with Crippen LogP contribution in [-0.4, -0.2) is 12.6 Å². The minimum absolute atomic E-state index is 0.682. The van der Waals surface area contributed by atoms with E-state index in [1.807, 2.05) is 12.1 Å². The van der Waals surface area contributed by atoms with Gasteiger partial charge in [-0.2, -0.15) is 0 Å². The molecule has 2 heterocycles. The highest BCUT2D eigenvalue weighted by Gasteiger charge is 2.13. The van der Waals surface area contributed by atoms with E-state index in [4.69, 9.17) is 4.42 Å². The Bertz CT molecular complexity index is 294. The molecule has 76 valence electrons. The molecule has 1 aliphatic rings. The molecule has 0 saturated carbocycles. The van der Waals surface area contributed by atoms with Gasteiger partial charge >= 0.3 is 0 Å². The molecule has 1 atom stereocenters. The van der Waals surface area contributed by atoms with Crippen LogP contribution in [0.4, 0.5) is 0 Å². The summed E-state index contributed by atoms with van der Waals surface area (Å²) in [5.74, 6) is 0.959. The Hall–Kier alpha value is -1.02. The van der Waals surface area contributed by atoms with Crippen molar-refractivity contribution in [1.29, 1.82) is 0 Å². The van der Waals surface area contributed by atoms with Gasteiger partial charge in [0.2, 0.25) is 0 Å². The van der Waals surface area contributed by atoms with Gasteiger partial charge in [-0.1, -0.05) is 5.57 Å². The first-order valence-corrected chi connectivity index (χ1v) is 5.28. The highest BCUT2D eigenvalue weighted by atomic mass is 16.3. The van der Waals surface area contributed by atoms with Crippen LogP contribution in [0, 0.1) is 0 Å². The lowest BCUT2D eigenvalue weighted by molar-refractivity contribution is 0.554. The first kappa shape index (κ1) is 9.53. The molecule has 1 aliphatic heterocycles. The zero-order valence-electron chi connectivity index (χ0n) is 8.62. The smallest absolute Gasteiger partial charge is 0.126 e. The van der Waals surface area contributed by atoms with Crippen molar-refractivity contribution >= 4 is 6.08 Å². The van der Waals surface area contributed by atoms with Crippen LogP contribution in [-0.2, 0) is 0 Å². The Morgan fingerprint density at radius 1 is 1.71 bits per heavy atom. The lowest BCUT2D eigenvalue weighted by Gasteiger charge is -2.09. The maximum absolute atomic E-state index is 5.27. The molecule has 1 aromatic heterocycles. The van der Waals surface area contributed by atoms with Crippen molar-refractivity contribution in [3.05, 3.63) is 29.7 Å². The molecule has 2 nitrogen and oxygen atoms in total. The number of furan rings is 1. The molecule has 0 radical (unpaired) electrons. The Morgan fingerprint density at radius 3 is 3.29 bits per heavy atom. The van der Waals surface area contributed by atoms with Gasteiger partial charge in [-0.05, 0) is 50.9 Å². The summed E-state index contributed by atoms with van der Waals surface area (Å²) in [7, 11) is 0. The van der Waals surface area contributed by atoms with Gasteiger partial charge in [-0.15, -0.1) is 0 Å². The summed E-state index contributed by atoms with van der Waals surface area (Å²) in [4.78, 5) is 0. The molecule has 1 saturated heterocycles. The van der Waals surface area contributed by atoms with E-state index in [-0.39, 0.29) is 0 Å². The minimum Gasteiger partial charge on any atom is -0.465 e. The van der Waals surface area contributed by atoms with Crippen molar-refractivity contribution in [1.82, 2.24) is 5.32 Å². The van der Waals surface area contributed by atoms with Gasteiger partial charge in [0.25, 0.3) is 0 Å². The zero-order valence-corrected chi connectivity index (χ0v) is 8.62. The summed E-state index contributed by atoms with van der Waals surface area (Å²) in [5, 5.41) is 3.50. The largest absolute Gasteiger partial charge is 0.465 e. The van der Waals surface area contributed by atoms with E-state index in [9.17, 15) is 0 Å². The summed E-state index contributed by atoms with van der Waals surface area (Å²) < 4.78 is 5.27. The minimum atomic E-state index is 0.682. The average Bonchev–Trinajstić information content (AvgIpc) is 2.76. The maximum atomic E-state index is 5.27. The molecule has 1 fully saturated rings. The molecular weight excluding hydrogens is 174 g/mol. The molecule has 1 unspecified atom stereocenters. The number of hydrogen-bond acceptors (Lipinski definition) is 2. The summed E-state index contributed by atoms with van der Waals surface area (Å²) in [6, 6.07) is 4.60. The van der Waals surface area contributed by atoms with E-state index in [0.717, 1.165) is 12.2 Å². The molecule has 0 amide bonds. The Balaban J connectivity index is 1.91. The Labute approximate surface area is 85.0 Å². The molecule has 0 aliphatic carbocycles. The van der Waals surface area contributed by atoms with Crippen molar-refractivity contribution in [2.24, 2.45) is 0 Å². The van der Waals surface area contributed by atoms with Gasteiger partial charge in [0.1, 0.15) is 5.76 Å². The van der Waals surface area contributed by atoms with Crippen LogP contribution in [0.25, 0.3) is 6.08 Å². The second kappa shape index (κ2) is 4.47. The van der Waals surface area contributed by atoms with Crippen LogP contribution >= 0.6 is 0 Å². The van der Waals surface area contributed by atoms with E-state index in [1.165, 1.54) is 25.0 Å². The van der Waals surface area contributed by atoms with Crippen LogP contribution in [0.2, 0.25) is 0 Å². The highest BCUT2D eigenvalue weighted by Crippen LogP contribution is 2.16. The zero-order chi connectivity index (χ0) is 9.80. The summed E-state index contributed by atoms with van der Waals surface area (Å²) in [5.41, 5.74) is 1.39. The Kier molecular flexibility index (Phi) is 3.04. The van der Waals surface area contributed by atoms with Gasteiger partial charge in [-0.25, -0.2) is 0 Å². The molecule has 0 spiro atoms. The summed E-state index contributed by atoms with van der Waals surface area (Å²) in [6.07, 6.45) is 7.61. The quantitative estimate of drug-likeness (QED) is 0.794. The monoisotopic (exact) mass is 191 g/mol. The van der Waals surface area contributed by atoms with E-state index < -0.39 is 0 Å². The third-order valence-electron chi connectivity index (χ3n) is 2.66. The molecule has 0 bridgehead atoms. The molecular formula is C12H17NO. The highest BCUT2D eigenvalue weighted by molar-refractivity contribution is 5.46. The fourth-order valence-corrected chi connectivity index (χ4v) is 1.99. The standard InChI is InChI=1S/C12H17NO/c1-10(8-11-4-2-6-13-11)9-12-5-3-7-14-12/h3,5,7,9,11,13H,2,4,6,8H2,1H3/b10-9+. The predicted octanol–water partition coefficient (Wildman–Crippen LogP) is 2.83. The van der Waals surface area contributed by atoms with Crippen molar-refractivity contribution in [2.45, 2.75) is 32.2 Å². The van der Waals surface area contributed by atoms with Gasteiger partial charge in [0, 0.05) is 6.04 Å². The van der Waals surface area contributed by atoms with Gasteiger partial charge in [-0.3, -0.25) is 0 Å². The van der Waals surface area contributed by atoms with Crippen LogP contribution in [0.3, 0.4) is 0 Å². The van der Waals surface area contributed by atoms with Gasteiger partial charge in [0.15, 0.2) is 0 Å². The first-order valence-electron chi connectivity index (χ1n) is 5.28. The van der Waals surface area contributed by atoms with E-state index >= 15 is 0 Å². The average molecular weight is 191 g/mol. The second-order valence-corrected chi connectivity index (χ2v) is 4.00. The van der Waals surface area contributed by atoms with E-state index in [1.54, 1.807) is 6.26 Å². The SMILES string of the molecule is C/C(=C\c1ccco1)CC1CCCN1. The second-order valence-electron chi connectivity index (χ2n) is 4.00. The molecule has 14 heavy (non-hydrogen) atoms. The summed E-state index contributed by atoms with van der Waals surface area (Å²) >= 11 is 0. The number of hydrogen-bond donors (Lipinski definition) is 1. The van der Waals surface area contributed by atoms with Crippen molar-refractivity contribution in [3.63, 3.8) is 0 Å².